The van der Waals surface area contributed by atoms with Crippen LogP contribution in [0.4, 0.5) is 17.1 Å². The third kappa shape index (κ3) is 4.13. The van der Waals surface area contributed by atoms with Crippen LogP contribution in [0.1, 0.15) is 0 Å². The molecular weight excluding hydrogens is 605 g/mol. The Morgan fingerprint density at radius 3 is 2.04 bits per heavy atom. The van der Waals surface area contributed by atoms with E-state index in [1.165, 1.54) is 42.2 Å². The molecule has 3 nitrogen and oxygen atoms in total. The van der Waals surface area contributed by atoms with Gasteiger partial charge in [0.15, 0.2) is 5.58 Å². The van der Waals surface area contributed by atoms with Gasteiger partial charge < -0.3 is 13.9 Å². The normalized spacial score (nSPS) is 11.8. The maximum Gasteiger partial charge on any atom is 0.154 e. The molecule has 48 heavy (non-hydrogen) atoms. The summed E-state index contributed by atoms with van der Waals surface area (Å²) in [6.07, 6.45) is 0. The fraction of sp³-hybridized carbons (Fsp3) is 0. The van der Waals surface area contributed by atoms with Gasteiger partial charge >= 0.3 is 0 Å². The number of hydrogen-bond donors (Lipinski definition) is 0. The molecular formula is C44H28N2OS. The van der Waals surface area contributed by atoms with Crippen LogP contribution in [0, 0.1) is 0 Å². The van der Waals surface area contributed by atoms with Gasteiger partial charge in [-0.1, -0.05) is 97.1 Å². The number of aromatic nitrogens is 1. The molecule has 0 spiro atoms. The number of nitrogens with zero attached hydrogens (tertiary/aromatic N) is 2. The van der Waals surface area contributed by atoms with Crippen LogP contribution in [0.15, 0.2) is 174 Å². The second-order valence-electron chi connectivity index (χ2n) is 12.1. The molecule has 7 aromatic carbocycles. The van der Waals surface area contributed by atoms with Gasteiger partial charge in [-0.05, 0) is 72.3 Å². The first-order valence-corrected chi connectivity index (χ1v) is 17.0. The Kier molecular flexibility index (Phi) is 6.05. The molecule has 4 heteroatoms. The highest BCUT2D eigenvalue weighted by Crippen LogP contribution is 2.46. The number of rotatable bonds is 5. The predicted octanol–water partition coefficient (Wildman–Crippen LogP) is 13.0. The van der Waals surface area contributed by atoms with Crippen molar-refractivity contribution in [2.75, 3.05) is 4.90 Å². The minimum Gasteiger partial charge on any atom is -0.454 e. The van der Waals surface area contributed by atoms with E-state index in [4.69, 9.17) is 4.42 Å². The van der Waals surface area contributed by atoms with Crippen molar-refractivity contribution < 1.29 is 4.42 Å². The van der Waals surface area contributed by atoms with E-state index in [0.29, 0.717) is 0 Å². The van der Waals surface area contributed by atoms with Gasteiger partial charge in [0.05, 0.1) is 21.4 Å². The lowest BCUT2D eigenvalue weighted by molar-refractivity contribution is 0.673. The second-order valence-corrected chi connectivity index (χ2v) is 13.2. The zero-order valence-electron chi connectivity index (χ0n) is 25.9. The van der Waals surface area contributed by atoms with Gasteiger partial charge in [0.1, 0.15) is 5.58 Å². The smallest absolute Gasteiger partial charge is 0.154 e. The molecule has 3 aromatic heterocycles. The highest BCUT2D eigenvalue weighted by Gasteiger charge is 2.22. The van der Waals surface area contributed by atoms with Crippen molar-refractivity contribution in [2.24, 2.45) is 0 Å². The van der Waals surface area contributed by atoms with Crippen LogP contribution in [0.25, 0.3) is 70.0 Å². The number of fused-ring (bicyclic) bond motifs is 8. The van der Waals surface area contributed by atoms with Gasteiger partial charge in [-0.3, -0.25) is 0 Å². The largest absolute Gasteiger partial charge is 0.454 e. The molecule has 0 N–H and O–H groups in total. The van der Waals surface area contributed by atoms with Gasteiger partial charge in [0.25, 0.3) is 0 Å². The molecule has 10 rings (SSSR count). The summed E-state index contributed by atoms with van der Waals surface area (Å²) in [6.45, 7) is 0. The number of anilines is 3. The Morgan fingerprint density at radius 1 is 0.500 bits per heavy atom. The van der Waals surface area contributed by atoms with Crippen LogP contribution < -0.4 is 4.90 Å². The van der Waals surface area contributed by atoms with Crippen LogP contribution in [0.3, 0.4) is 0 Å². The summed E-state index contributed by atoms with van der Waals surface area (Å²) in [7, 11) is 0. The summed E-state index contributed by atoms with van der Waals surface area (Å²) in [5.41, 5.74) is 10.9. The Hall–Kier alpha value is -6.10. The lowest BCUT2D eigenvalue weighted by Crippen LogP contribution is -2.11. The molecule has 0 bridgehead atoms. The van der Waals surface area contributed by atoms with E-state index < -0.39 is 0 Å². The maximum atomic E-state index is 6.64. The molecule has 0 saturated carbocycles. The molecule has 0 atom stereocenters. The standard InChI is InChI=1S/C44H28N2OS/c1-3-13-29(14-4-1)33-17-7-10-20-38(33)45(32-23-25-35-41(28-32)47-43-36-19-9-12-22-42(36)48-44(35)43)31-24-26-40-37(27-31)34-18-8-11-21-39(34)46(40)30-15-5-2-6-16-30/h1-28H. The third-order valence-electron chi connectivity index (χ3n) is 9.39. The SMILES string of the molecule is c1ccc(-c2ccccc2N(c2ccc3c(c2)oc2c4ccccc4sc32)c2ccc3c(c2)c2ccccc2n3-c2ccccc2)cc1. The third-order valence-corrected chi connectivity index (χ3v) is 10.6. The summed E-state index contributed by atoms with van der Waals surface area (Å²) in [5.74, 6) is 0. The van der Waals surface area contributed by atoms with E-state index in [0.717, 1.165) is 44.9 Å². The highest BCUT2D eigenvalue weighted by atomic mass is 32.1. The van der Waals surface area contributed by atoms with Crippen molar-refractivity contribution in [1.82, 2.24) is 4.57 Å². The zero-order chi connectivity index (χ0) is 31.6. The number of benzene rings is 7. The molecule has 0 saturated heterocycles. The second kappa shape index (κ2) is 10.7. The van der Waals surface area contributed by atoms with Crippen LogP contribution in [-0.4, -0.2) is 4.57 Å². The van der Waals surface area contributed by atoms with E-state index in [1.807, 2.05) is 0 Å². The Labute approximate surface area is 281 Å². The van der Waals surface area contributed by atoms with Gasteiger partial charge in [-0.15, -0.1) is 11.3 Å². The van der Waals surface area contributed by atoms with Crippen LogP contribution in [0.2, 0.25) is 0 Å². The van der Waals surface area contributed by atoms with Crippen LogP contribution in [0.5, 0.6) is 0 Å². The summed E-state index contributed by atoms with van der Waals surface area (Å²) in [5, 5.41) is 4.75. The summed E-state index contributed by atoms with van der Waals surface area (Å²) in [4.78, 5) is 2.38. The topological polar surface area (TPSA) is 21.3 Å². The first-order chi connectivity index (χ1) is 23.8. The fourth-order valence-corrected chi connectivity index (χ4v) is 8.41. The minimum absolute atomic E-state index is 0.892. The van der Waals surface area contributed by atoms with Gasteiger partial charge in [0, 0.05) is 54.9 Å². The van der Waals surface area contributed by atoms with E-state index in [9.17, 15) is 0 Å². The van der Waals surface area contributed by atoms with Crippen molar-refractivity contribution in [1.29, 1.82) is 0 Å². The molecule has 0 aliphatic carbocycles. The summed E-state index contributed by atoms with van der Waals surface area (Å²) < 4.78 is 11.5. The number of para-hydroxylation sites is 3. The molecule has 0 unspecified atom stereocenters. The molecule has 10 aromatic rings. The van der Waals surface area contributed by atoms with E-state index in [-0.39, 0.29) is 0 Å². The van der Waals surface area contributed by atoms with Crippen LogP contribution in [-0.2, 0) is 0 Å². The number of furan rings is 1. The molecule has 3 heterocycles. The van der Waals surface area contributed by atoms with E-state index >= 15 is 0 Å². The average molecular weight is 633 g/mol. The summed E-state index contributed by atoms with van der Waals surface area (Å²) >= 11 is 1.80. The maximum absolute atomic E-state index is 6.64. The average Bonchev–Trinajstić information content (AvgIpc) is 3.80. The lowest BCUT2D eigenvalue weighted by atomic mass is 10.0. The van der Waals surface area contributed by atoms with Crippen LogP contribution >= 0.6 is 11.3 Å². The predicted molar refractivity (Wildman–Crippen MR) is 204 cm³/mol. The molecule has 0 aliphatic rings. The van der Waals surface area contributed by atoms with Gasteiger partial charge in [-0.2, -0.15) is 0 Å². The van der Waals surface area contributed by atoms with Crippen molar-refractivity contribution in [3.05, 3.63) is 170 Å². The van der Waals surface area contributed by atoms with Crippen molar-refractivity contribution >= 4 is 81.5 Å². The summed E-state index contributed by atoms with van der Waals surface area (Å²) in [6, 6.07) is 60.7. The van der Waals surface area contributed by atoms with Crippen molar-refractivity contribution in [2.45, 2.75) is 0 Å². The molecule has 0 fully saturated rings. The number of hydrogen-bond acceptors (Lipinski definition) is 3. The van der Waals surface area contributed by atoms with E-state index in [1.54, 1.807) is 11.3 Å². The lowest BCUT2D eigenvalue weighted by Gasteiger charge is -2.28. The molecule has 0 radical (unpaired) electrons. The minimum atomic E-state index is 0.892. The monoisotopic (exact) mass is 632 g/mol. The number of thiophene rings is 1. The first-order valence-electron chi connectivity index (χ1n) is 16.2. The Balaban J connectivity index is 1.23. The first kappa shape index (κ1) is 27.1. The van der Waals surface area contributed by atoms with Gasteiger partial charge in [-0.25, -0.2) is 0 Å². The molecule has 0 aliphatic heterocycles. The quantitative estimate of drug-likeness (QED) is 0.188. The Bertz CT molecular complexity index is 2790. The fourth-order valence-electron chi connectivity index (χ4n) is 7.25. The zero-order valence-corrected chi connectivity index (χ0v) is 26.7. The highest BCUT2D eigenvalue weighted by molar-refractivity contribution is 7.26. The Morgan fingerprint density at radius 2 is 1.17 bits per heavy atom. The van der Waals surface area contributed by atoms with Gasteiger partial charge in [0.2, 0.25) is 0 Å². The van der Waals surface area contributed by atoms with Crippen molar-refractivity contribution in [3.8, 4) is 16.8 Å². The molecule has 0 amide bonds. The van der Waals surface area contributed by atoms with Crippen molar-refractivity contribution in [3.63, 3.8) is 0 Å². The molecule has 226 valence electrons. The van der Waals surface area contributed by atoms with E-state index in [2.05, 4.69) is 179 Å².